The first-order valence-electron chi connectivity index (χ1n) is 7.64. The summed E-state index contributed by atoms with van der Waals surface area (Å²) in [7, 11) is 1.62. The molecule has 0 spiro atoms. The smallest absolute Gasteiger partial charge is 0.338 e. The minimum atomic E-state index is -0.387. The maximum atomic E-state index is 12.2. The minimum absolute atomic E-state index is 0.0943. The van der Waals surface area contributed by atoms with Crippen molar-refractivity contribution in [2.24, 2.45) is 0 Å². The summed E-state index contributed by atoms with van der Waals surface area (Å²) in [5.41, 5.74) is 4.46. The number of carbonyl (C=O) groups is 1. The van der Waals surface area contributed by atoms with Crippen molar-refractivity contribution in [1.82, 2.24) is 9.97 Å². The van der Waals surface area contributed by atoms with E-state index in [0.717, 1.165) is 22.3 Å². The summed E-state index contributed by atoms with van der Waals surface area (Å²) in [6.07, 6.45) is 0. The van der Waals surface area contributed by atoms with Gasteiger partial charge in [0.1, 0.15) is 6.61 Å². The topological polar surface area (TPSA) is 61.3 Å². The normalized spacial score (nSPS) is 10.8. The molecule has 0 N–H and O–H groups in total. The second-order valence-corrected chi connectivity index (χ2v) is 5.45. The maximum absolute atomic E-state index is 12.2. The standard InChI is InChI=1S/C19H18N2O3/c1-13-18(21-17-9-4-3-8-16(17)20-13)12-24-19(22)15-7-5-6-14(10-15)11-23-2/h3-10H,11-12H2,1-2H3. The Morgan fingerprint density at radius 3 is 2.50 bits per heavy atom. The minimum Gasteiger partial charge on any atom is -0.456 e. The van der Waals surface area contributed by atoms with Gasteiger partial charge in [-0.05, 0) is 36.8 Å². The second kappa shape index (κ2) is 7.19. The fourth-order valence-corrected chi connectivity index (χ4v) is 2.43. The van der Waals surface area contributed by atoms with Crippen molar-refractivity contribution in [3.05, 3.63) is 71.0 Å². The largest absolute Gasteiger partial charge is 0.456 e. The van der Waals surface area contributed by atoms with E-state index in [1.807, 2.05) is 43.3 Å². The molecular weight excluding hydrogens is 304 g/mol. The van der Waals surface area contributed by atoms with E-state index in [2.05, 4.69) is 9.97 Å². The quantitative estimate of drug-likeness (QED) is 0.673. The van der Waals surface area contributed by atoms with Gasteiger partial charge in [0.25, 0.3) is 0 Å². The average molecular weight is 322 g/mol. The molecule has 3 aromatic rings. The molecule has 1 heterocycles. The van der Waals surface area contributed by atoms with Crippen molar-refractivity contribution in [1.29, 1.82) is 0 Å². The third-order valence-electron chi connectivity index (χ3n) is 3.66. The highest BCUT2D eigenvalue weighted by molar-refractivity contribution is 5.89. The Bertz CT molecular complexity index is 877. The molecule has 5 heteroatoms. The number of benzene rings is 2. The highest BCUT2D eigenvalue weighted by atomic mass is 16.5. The lowest BCUT2D eigenvalue weighted by Gasteiger charge is -2.08. The van der Waals surface area contributed by atoms with Crippen LogP contribution in [-0.2, 0) is 22.7 Å². The van der Waals surface area contributed by atoms with Gasteiger partial charge >= 0.3 is 5.97 Å². The summed E-state index contributed by atoms with van der Waals surface area (Å²) in [5, 5.41) is 0. The summed E-state index contributed by atoms with van der Waals surface area (Å²) < 4.78 is 10.5. The first-order chi connectivity index (χ1) is 11.7. The zero-order chi connectivity index (χ0) is 16.9. The molecular formula is C19H18N2O3. The van der Waals surface area contributed by atoms with Crippen molar-refractivity contribution in [2.45, 2.75) is 20.1 Å². The van der Waals surface area contributed by atoms with Gasteiger partial charge in [-0.2, -0.15) is 0 Å². The molecule has 122 valence electrons. The lowest BCUT2D eigenvalue weighted by Crippen LogP contribution is -2.08. The number of hydrogen-bond acceptors (Lipinski definition) is 5. The Balaban J connectivity index is 1.74. The Kier molecular flexibility index (Phi) is 4.82. The number of hydrogen-bond donors (Lipinski definition) is 0. The summed E-state index contributed by atoms with van der Waals surface area (Å²) in [4.78, 5) is 21.3. The van der Waals surface area contributed by atoms with Crippen LogP contribution in [0.2, 0.25) is 0 Å². The molecule has 0 fully saturated rings. The van der Waals surface area contributed by atoms with E-state index in [4.69, 9.17) is 9.47 Å². The number of aryl methyl sites for hydroxylation is 1. The Morgan fingerprint density at radius 2 is 1.75 bits per heavy atom. The first kappa shape index (κ1) is 16.1. The Labute approximate surface area is 140 Å². The van der Waals surface area contributed by atoms with E-state index in [0.29, 0.717) is 17.9 Å². The van der Waals surface area contributed by atoms with Crippen LogP contribution < -0.4 is 0 Å². The lowest BCUT2D eigenvalue weighted by molar-refractivity contribution is 0.0466. The van der Waals surface area contributed by atoms with Gasteiger partial charge in [0.2, 0.25) is 0 Å². The van der Waals surface area contributed by atoms with Gasteiger partial charge in [-0.1, -0.05) is 24.3 Å². The molecule has 0 amide bonds. The van der Waals surface area contributed by atoms with Crippen LogP contribution in [0.15, 0.2) is 48.5 Å². The highest BCUT2D eigenvalue weighted by Crippen LogP contribution is 2.14. The van der Waals surface area contributed by atoms with E-state index in [-0.39, 0.29) is 12.6 Å². The Morgan fingerprint density at radius 1 is 1.00 bits per heavy atom. The molecule has 2 aromatic carbocycles. The second-order valence-electron chi connectivity index (χ2n) is 5.45. The van der Waals surface area contributed by atoms with Crippen LogP contribution in [0, 0.1) is 6.92 Å². The van der Waals surface area contributed by atoms with E-state index in [9.17, 15) is 4.79 Å². The molecule has 1 aromatic heterocycles. The lowest BCUT2D eigenvalue weighted by atomic mass is 10.1. The van der Waals surface area contributed by atoms with Gasteiger partial charge in [-0.3, -0.25) is 0 Å². The summed E-state index contributed by atoms with van der Waals surface area (Å²) in [6.45, 7) is 2.41. The third-order valence-corrected chi connectivity index (χ3v) is 3.66. The van der Waals surface area contributed by atoms with Crippen molar-refractivity contribution in [2.75, 3.05) is 7.11 Å². The van der Waals surface area contributed by atoms with Crippen LogP contribution in [-0.4, -0.2) is 23.0 Å². The summed E-state index contributed by atoms with van der Waals surface area (Å²) >= 11 is 0. The van der Waals surface area contributed by atoms with E-state index in [1.54, 1.807) is 19.2 Å². The molecule has 0 bridgehead atoms. The molecule has 5 nitrogen and oxygen atoms in total. The fraction of sp³-hybridized carbons (Fsp3) is 0.211. The zero-order valence-corrected chi connectivity index (χ0v) is 13.7. The molecule has 0 aliphatic rings. The number of ether oxygens (including phenoxy) is 2. The number of aromatic nitrogens is 2. The number of carbonyl (C=O) groups excluding carboxylic acids is 1. The van der Waals surface area contributed by atoms with Crippen LogP contribution >= 0.6 is 0 Å². The summed E-state index contributed by atoms with van der Waals surface area (Å²) in [5.74, 6) is -0.387. The molecule has 0 unspecified atom stereocenters. The molecule has 3 rings (SSSR count). The number of methoxy groups -OCH3 is 1. The molecule has 0 saturated carbocycles. The van der Waals surface area contributed by atoms with E-state index < -0.39 is 0 Å². The van der Waals surface area contributed by atoms with Gasteiger partial charge in [-0.15, -0.1) is 0 Å². The predicted molar refractivity (Wildman–Crippen MR) is 90.5 cm³/mol. The van der Waals surface area contributed by atoms with Crippen LogP contribution in [0.5, 0.6) is 0 Å². The van der Waals surface area contributed by atoms with Crippen LogP contribution in [0.4, 0.5) is 0 Å². The van der Waals surface area contributed by atoms with Gasteiger partial charge in [-0.25, -0.2) is 14.8 Å². The third kappa shape index (κ3) is 3.58. The van der Waals surface area contributed by atoms with Crippen molar-refractivity contribution < 1.29 is 14.3 Å². The molecule has 24 heavy (non-hydrogen) atoms. The van der Waals surface area contributed by atoms with Gasteiger partial charge in [0.05, 0.1) is 34.6 Å². The first-order valence-corrected chi connectivity index (χ1v) is 7.64. The van der Waals surface area contributed by atoms with E-state index >= 15 is 0 Å². The molecule has 0 aliphatic carbocycles. The maximum Gasteiger partial charge on any atom is 0.338 e. The molecule has 0 atom stereocenters. The van der Waals surface area contributed by atoms with Crippen molar-refractivity contribution >= 4 is 17.0 Å². The fourth-order valence-electron chi connectivity index (χ4n) is 2.43. The molecule has 0 saturated heterocycles. The van der Waals surface area contributed by atoms with Gasteiger partial charge < -0.3 is 9.47 Å². The number of para-hydroxylation sites is 2. The zero-order valence-electron chi connectivity index (χ0n) is 13.7. The van der Waals surface area contributed by atoms with Crippen molar-refractivity contribution in [3.8, 4) is 0 Å². The average Bonchev–Trinajstić information content (AvgIpc) is 2.60. The van der Waals surface area contributed by atoms with E-state index in [1.165, 1.54) is 0 Å². The van der Waals surface area contributed by atoms with Gasteiger partial charge in [0, 0.05) is 7.11 Å². The predicted octanol–water partition coefficient (Wildman–Crippen LogP) is 3.44. The molecule has 0 aliphatic heterocycles. The van der Waals surface area contributed by atoms with Crippen LogP contribution in [0.25, 0.3) is 11.0 Å². The van der Waals surface area contributed by atoms with Crippen molar-refractivity contribution in [3.63, 3.8) is 0 Å². The Hall–Kier alpha value is -2.79. The number of rotatable bonds is 5. The number of fused-ring (bicyclic) bond motifs is 1. The summed E-state index contributed by atoms with van der Waals surface area (Å²) in [6, 6.07) is 14.8. The molecule has 0 radical (unpaired) electrons. The SMILES string of the molecule is COCc1cccc(C(=O)OCc2nc3ccccc3nc2C)c1. The number of esters is 1. The van der Waals surface area contributed by atoms with Crippen LogP contribution in [0.1, 0.15) is 27.3 Å². The highest BCUT2D eigenvalue weighted by Gasteiger charge is 2.11. The van der Waals surface area contributed by atoms with Crippen LogP contribution in [0.3, 0.4) is 0 Å². The van der Waals surface area contributed by atoms with Gasteiger partial charge in [0.15, 0.2) is 0 Å². The number of nitrogens with zero attached hydrogens (tertiary/aromatic N) is 2. The monoisotopic (exact) mass is 322 g/mol.